The van der Waals surface area contributed by atoms with Crippen molar-refractivity contribution in [2.24, 2.45) is 0 Å². The molecule has 164 valence electrons. The predicted octanol–water partition coefficient (Wildman–Crippen LogP) is 4.44. The minimum absolute atomic E-state index is 0.154. The summed E-state index contributed by atoms with van der Waals surface area (Å²) < 4.78 is 43.4. The van der Waals surface area contributed by atoms with Crippen molar-refractivity contribution < 1.29 is 22.3 Å². The van der Waals surface area contributed by atoms with Crippen molar-refractivity contribution in [2.45, 2.75) is 29.7 Å². The first-order valence-corrected chi connectivity index (χ1v) is 12.4. The minimum Gasteiger partial charge on any atom is -0.454 e. The molecular formula is C20H20ClN3O5S2. The fourth-order valence-electron chi connectivity index (χ4n) is 3.14. The standard InChI is InChI=1S/C20H20ClN3O5S2/c1-3-24(4-2)31(25,26)15-7-5-6-14(10-15)19-22-23-20(29-19)30-11-13-8-16(21)18-17(9-13)27-12-28-18/h5-10H,3-4,11-12H2,1-2H3. The fourth-order valence-corrected chi connectivity index (χ4v) is 5.62. The summed E-state index contributed by atoms with van der Waals surface area (Å²) >= 11 is 7.56. The molecule has 8 nitrogen and oxygen atoms in total. The highest BCUT2D eigenvalue weighted by Crippen LogP contribution is 2.41. The number of halogens is 1. The summed E-state index contributed by atoms with van der Waals surface area (Å²) in [6, 6.07) is 10.2. The van der Waals surface area contributed by atoms with Gasteiger partial charge in [-0.1, -0.05) is 43.3 Å². The summed E-state index contributed by atoms with van der Waals surface area (Å²) in [6.07, 6.45) is 0. The van der Waals surface area contributed by atoms with Crippen molar-refractivity contribution in [3.8, 4) is 23.0 Å². The van der Waals surface area contributed by atoms with Crippen LogP contribution in [0.25, 0.3) is 11.5 Å². The average Bonchev–Trinajstić information content (AvgIpc) is 3.43. The lowest BCUT2D eigenvalue weighted by molar-refractivity contribution is 0.174. The van der Waals surface area contributed by atoms with Gasteiger partial charge in [0.05, 0.1) is 9.92 Å². The molecule has 1 aromatic heterocycles. The van der Waals surface area contributed by atoms with Gasteiger partial charge in [-0.2, -0.15) is 4.31 Å². The smallest absolute Gasteiger partial charge is 0.277 e. The molecule has 0 spiro atoms. The van der Waals surface area contributed by atoms with E-state index in [1.165, 1.54) is 16.1 Å². The zero-order valence-electron chi connectivity index (χ0n) is 16.9. The van der Waals surface area contributed by atoms with Crippen LogP contribution in [-0.4, -0.2) is 42.8 Å². The number of hydrogen-bond acceptors (Lipinski definition) is 8. The minimum atomic E-state index is -3.58. The van der Waals surface area contributed by atoms with Crippen molar-refractivity contribution in [2.75, 3.05) is 19.9 Å². The topological polar surface area (TPSA) is 94.8 Å². The van der Waals surface area contributed by atoms with Crippen LogP contribution in [0.1, 0.15) is 19.4 Å². The van der Waals surface area contributed by atoms with E-state index >= 15 is 0 Å². The molecule has 3 aromatic rings. The number of thioether (sulfide) groups is 1. The van der Waals surface area contributed by atoms with Gasteiger partial charge in [-0.25, -0.2) is 8.42 Å². The summed E-state index contributed by atoms with van der Waals surface area (Å²) in [4.78, 5) is 0.191. The van der Waals surface area contributed by atoms with Gasteiger partial charge in [-0.3, -0.25) is 0 Å². The third-order valence-corrected chi connectivity index (χ3v) is 7.90. The molecule has 0 bridgehead atoms. The van der Waals surface area contributed by atoms with Gasteiger partial charge < -0.3 is 13.9 Å². The van der Waals surface area contributed by atoms with Crippen LogP contribution in [-0.2, 0) is 15.8 Å². The van der Waals surface area contributed by atoms with E-state index in [1.54, 1.807) is 44.2 Å². The maximum atomic E-state index is 12.8. The lowest BCUT2D eigenvalue weighted by Gasteiger charge is -2.18. The molecule has 0 saturated heterocycles. The summed E-state index contributed by atoms with van der Waals surface area (Å²) in [6.45, 7) is 4.56. The van der Waals surface area contributed by atoms with Gasteiger partial charge in [-0.15, -0.1) is 10.2 Å². The Morgan fingerprint density at radius 1 is 1.13 bits per heavy atom. The summed E-state index contributed by atoms with van der Waals surface area (Å²) in [5, 5.41) is 8.98. The Morgan fingerprint density at radius 2 is 1.94 bits per heavy atom. The normalized spacial score (nSPS) is 13.2. The second kappa shape index (κ2) is 9.07. The first kappa shape index (κ1) is 21.9. The van der Waals surface area contributed by atoms with Crippen LogP contribution in [0, 0.1) is 0 Å². The Bertz CT molecular complexity index is 1200. The molecule has 0 radical (unpaired) electrons. The molecule has 0 aliphatic carbocycles. The quantitative estimate of drug-likeness (QED) is 0.436. The molecule has 0 fully saturated rings. The van der Waals surface area contributed by atoms with Gasteiger partial charge in [-0.05, 0) is 35.9 Å². The highest BCUT2D eigenvalue weighted by molar-refractivity contribution is 7.98. The Morgan fingerprint density at radius 3 is 2.71 bits per heavy atom. The van der Waals surface area contributed by atoms with E-state index in [2.05, 4.69) is 10.2 Å². The summed E-state index contributed by atoms with van der Waals surface area (Å²) in [5.41, 5.74) is 1.46. The number of ether oxygens (including phenoxy) is 2. The number of aromatic nitrogens is 2. The molecule has 31 heavy (non-hydrogen) atoms. The van der Waals surface area contributed by atoms with E-state index in [1.807, 2.05) is 6.07 Å². The third kappa shape index (κ3) is 4.52. The number of rotatable bonds is 8. The van der Waals surface area contributed by atoms with Gasteiger partial charge >= 0.3 is 0 Å². The van der Waals surface area contributed by atoms with Crippen LogP contribution in [0.15, 0.2) is 50.9 Å². The zero-order chi connectivity index (χ0) is 22.0. The van der Waals surface area contributed by atoms with Gasteiger partial charge in [0.1, 0.15) is 0 Å². The van der Waals surface area contributed by atoms with Crippen LogP contribution in [0.5, 0.6) is 11.5 Å². The number of nitrogens with zero attached hydrogens (tertiary/aromatic N) is 3. The molecule has 0 unspecified atom stereocenters. The molecule has 1 aliphatic rings. The number of sulfonamides is 1. The van der Waals surface area contributed by atoms with Crippen molar-refractivity contribution in [3.05, 3.63) is 47.0 Å². The zero-order valence-corrected chi connectivity index (χ0v) is 19.3. The van der Waals surface area contributed by atoms with Crippen LogP contribution >= 0.6 is 23.4 Å². The van der Waals surface area contributed by atoms with Crippen molar-refractivity contribution >= 4 is 33.4 Å². The van der Waals surface area contributed by atoms with E-state index in [0.717, 1.165) is 5.56 Å². The average molecular weight is 482 g/mol. The van der Waals surface area contributed by atoms with E-state index in [-0.39, 0.29) is 17.6 Å². The molecular weight excluding hydrogens is 462 g/mol. The number of benzene rings is 2. The molecule has 0 N–H and O–H groups in total. The predicted molar refractivity (Wildman–Crippen MR) is 117 cm³/mol. The van der Waals surface area contributed by atoms with Gasteiger partial charge in [0.15, 0.2) is 11.5 Å². The lowest BCUT2D eigenvalue weighted by atomic mass is 10.2. The van der Waals surface area contributed by atoms with E-state index in [4.69, 9.17) is 25.5 Å². The van der Waals surface area contributed by atoms with Gasteiger partial charge in [0, 0.05) is 24.4 Å². The van der Waals surface area contributed by atoms with Gasteiger partial charge in [0.2, 0.25) is 22.7 Å². The van der Waals surface area contributed by atoms with E-state index in [0.29, 0.717) is 46.2 Å². The van der Waals surface area contributed by atoms with Crippen LogP contribution in [0.2, 0.25) is 5.02 Å². The molecule has 1 aliphatic heterocycles. The first-order valence-electron chi connectivity index (χ1n) is 9.57. The molecule has 0 atom stereocenters. The van der Waals surface area contributed by atoms with Crippen molar-refractivity contribution in [1.29, 1.82) is 0 Å². The molecule has 2 aromatic carbocycles. The van der Waals surface area contributed by atoms with Gasteiger partial charge in [0.25, 0.3) is 5.22 Å². The SMILES string of the molecule is CCN(CC)S(=O)(=O)c1cccc(-c2nnc(SCc3cc(Cl)c4c(c3)OCO4)o2)c1. The van der Waals surface area contributed by atoms with Crippen LogP contribution < -0.4 is 9.47 Å². The molecule has 4 rings (SSSR count). The Kier molecular flexibility index (Phi) is 6.42. The largest absolute Gasteiger partial charge is 0.454 e. The number of fused-ring (bicyclic) bond motifs is 1. The first-order chi connectivity index (χ1) is 14.9. The summed E-state index contributed by atoms with van der Waals surface area (Å²) in [7, 11) is -3.58. The Balaban J connectivity index is 1.50. The maximum absolute atomic E-state index is 12.8. The van der Waals surface area contributed by atoms with Crippen LogP contribution in [0.4, 0.5) is 0 Å². The third-order valence-electron chi connectivity index (χ3n) is 4.68. The number of hydrogen-bond donors (Lipinski definition) is 0. The maximum Gasteiger partial charge on any atom is 0.277 e. The molecule has 2 heterocycles. The Labute approximate surface area is 189 Å². The van der Waals surface area contributed by atoms with Crippen molar-refractivity contribution in [3.63, 3.8) is 0 Å². The second-order valence-corrected chi connectivity index (χ2v) is 9.86. The summed E-state index contributed by atoms with van der Waals surface area (Å²) in [5.74, 6) is 1.95. The molecule has 11 heteroatoms. The highest BCUT2D eigenvalue weighted by atomic mass is 35.5. The lowest BCUT2D eigenvalue weighted by Crippen LogP contribution is -2.30. The molecule has 0 saturated carbocycles. The second-order valence-electron chi connectivity index (χ2n) is 6.59. The highest BCUT2D eigenvalue weighted by Gasteiger charge is 2.23. The van der Waals surface area contributed by atoms with Crippen LogP contribution in [0.3, 0.4) is 0 Å². The van der Waals surface area contributed by atoms with E-state index < -0.39 is 10.0 Å². The van der Waals surface area contributed by atoms with E-state index in [9.17, 15) is 8.42 Å². The molecule has 0 amide bonds. The Hall–Kier alpha value is -2.27. The monoisotopic (exact) mass is 481 g/mol. The fraction of sp³-hybridized carbons (Fsp3) is 0.300. The van der Waals surface area contributed by atoms with Crippen molar-refractivity contribution in [1.82, 2.24) is 14.5 Å².